The molecule has 0 radical (unpaired) electrons. The van der Waals surface area contributed by atoms with E-state index in [2.05, 4.69) is 66.6 Å². The van der Waals surface area contributed by atoms with Crippen molar-refractivity contribution in [3.63, 3.8) is 0 Å². The number of aryl methyl sites for hydroxylation is 1. The van der Waals surface area contributed by atoms with Gasteiger partial charge in [-0.1, -0.05) is 43.3 Å². The van der Waals surface area contributed by atoms with Crippen molar-refractivity contribution in [2.24, 2.45) is 0 Å². The lowest BCUT2D eigenvalue weighted by Gasteiger charge is -2.30. The molecule has 11 nitrogen and oxygen atoms in total. The number of aliphatic hydroxyl groups is 6. The van der Waals surface area contributed by atoms with Gasteiger partial charge >= 0.3 is 0 Å². The molecule has 1 heterocycles. The van der Waals surface area contributed by atoms with Crippen LogP contribution in [0.2, 0.25) is 0 Å². The van der Waals surface area contributed by atoms with Crippen LogP contribution in [0.4, 0.5) is 0 Å². The molecular weight excluding hydrogens is 650 g/mol. The highest BCUT2D eigenvalue weighted by Gasteiger charge is 2.46. The van der Waals surface area contributed by atoms with E-state index in [4.69, 9.17) is 9.84 Å². The number of carbonyl (C=O) groups is 1. The highest BCUT2D eigenvalue weighted by molar-refractivity contribution is 5.76. The Balaban J connectivity index is 1.18. The zero-order valence-electron chi connectivity index (χ0n) is 29.8. The van der Waals surface area contributed by atoms with Crippen molar-refractivity contribution in [1.82, 2.24) is 15.2 Å². The number of carbonyl (C=O) groups excluding carboxylic acids is 1. The van der Waals surface area contributed by atoms with Gasteiger partial charge in [-0.15, -0.1) is 0 Å². The summed E-state index contributed by atoms with van der Waals surface area (Å²) in [5, 5.41) is 62.6. The van der Waals surface area contributed by atoms with E-state index in [9.17, 15) is 30.3 Å². The van der Waals surface area contributed by atoms with E-state index in [1.54, 1.807) is 0 Å². The molecule has 0 aliphatic heterocycles. The molecule has 3 aromatic rings. The second-order valence-corrected chi connectivity index (χ2v) is 14.4. The van der Waals surface area contributed by atoms with Crippen LogP contribution in [0.15, 0.2) is 60.9 Å². The van der Waals surface area contributed by atoms with E-state index < -0.39 is 31.0 Å². The van der Waals surface area contributed by atoms with E-state index in [0.717, 1.165) is 49.0 Å². The number of nitrogens with one attached hydrogen (secondary N) is 1. The minimum atomic E-state index is -1.77. The lowest BCUT2D eigenvalue weighted by atomic mass is 9.91. The highest BCUT2D eigenvalue weighted by atomic mass is 16.5. The Bertz CT molecular complexity index is 1580. The van der Waals surface area contributed by atoms with Gasteiger partial charge in [-0.3, -0.25) is 9.78 Å². The van der Waals surface area contributed by atoms with Gasteiger partial charge in [0.15, 0.2) is 0 Å². The Hall–Kier alpha value is -3.42. The quantitative estimate of drug-likeness (QED) is 0.0871. The first-order chi connectivity index (χ1) is 24.6. The van der Waals surface area contributed by atoms with E-state index in [-0.39, 0.29) is 43.5 Å². The van der Waals surface area contributed by atoms with Gasteiger partial charge in [-0.05, 0) is 97.7 Å². The van der Waals surface area contributed by atoms with Crippen LogP contribution in [0.25, 0.3) is 11.1 Å². The first kappa shape index (κ1) is 38.8. The lowest BCUT2D eigenvalue weighted by Crippen LogP contribution is -2.50. The zero-order chi connectivity index (χ0) is 36.5. The average Bonchev–Trinajstić information content (AvgIpc) is 4.09. The largest absolute Gasteiger partial charge is 0.490 e. The summed E-state index contributed by atoms with van der Waals surface area (Å²) in [6, 6.07) is 16.9. The number of ether oxygens (including phenoxy) is 1. The Morgan fingerprint density at radius 1 is 1.00 bits per heavy atom. The summed E-state index contributed by atoms with van der Waals surface area (Å²) >= 11 is 0. The molecule has 0 saturated heterocycles. The Kier molecular flexibility index (Phi) is 13.6. The number of benzene rings is 2. The van der Waals surface area contributed by atoms with Crippen molar-refractivity contribution >= 4 is 5.91 Å². The van der Waals surface area contributed by atoms with Gasteiger partial charge < -0.3 is 45.6 Å². The average molecular weight is 706 g/mol. The molecule has 2 aliphatic carbocycles. The Morgan fingerprint density at radius 2 is 1.75 bits per heavy atom. The molecule has 5 atom stereocenters. The summed E-state index contributed by atoms with van der Waals surface area (Å²) in [6.07, 6.45) is 3.57. The summed E-state index contributed by atoms with van der Waals surface area (Å²) in [6.45, 7) is 3.94. The fourth-order valence-electron chi connectivity index (χ4n) is 6.65. The molecule has 2 aromatic carbocycles. The number of hydrogen-bond acceptors (Lipinski definition) is 10. The van der Waals surface area contributed by atoms with Gasteiger partial charge in [-0.25, -0.2) is 0 Å². The van der Waals surface area contributed by atoms with E-state index in [0.29, 0.717) is 25.5 Å². The number of aliphatic hydroxyl groups excluding tert-OH is 6. The van der Waals surface area contributed by atoms with Gasteiger partial charge in [0.25, 0.3) is 0 Å². The standard InChI is InChI=1S/C40H55N3O8/c1-26(7-5-10-37(48)43(19-6-20-44)24-34(46)38(49)39(50)35(47)25-45)28-12-11-27(2)29(21-28)22-42-40(16-17-40)33-23-41-18-15-31(33)32-8-3-4-9-36(32)51-30-13-14-30/h3-4,8-9,11-12,15,18,21,23,26,30,34-35,38-39,42,44-47,49-50H,5-7,10,13-14,16-17,19-20,22,24-25H2,1-2H3/t26?,34-,35+,38+,39+/m0/s1. The van der Waals surface area contributed by atoms with Crippen molar-refractivity contribution in [3.8, 4) is 16.9 Å². The molecule has 51 heavy (non-hydrogen) atoms. The molecule has 2 fully saturated rings. The lowest BCUT2D eigenvalue weighted by molar-refractivity contribution is -0.140. The summed E-state index contributed by atoms with van der Waals surface area (Å²) in [5.74, 6) is 0.874. The fourth-order valence-corrected chi connectivity index (χ4v) is 6.65. The van der Waals surface area contributed by atoms with Crippen molar-refractivity contribution in [1.29, 1.82) is 0 Å². The molecule has 0 bridgehead atoms. The van der Waals surface area contributed by atoms with Crippen molar-refractivity contribution < 1.29 is 40.2 Å². The van der Waals surface area contributed by atoms with Crippen LogP contribution < -0.4 is 10.1 Å². The summed E-state index contributed by atoms with van der Waals surface area (Å²) < 4.78 is 6.28. The molecule has 278 valence electrons. The van der Waals surface area contributed by atoms with Gasteiger partial charge in [0, 0.05) is 56.2 Å². The van der Waals surface area contributed by atoms with Gasteiger partial charge in [-0.2, -0.15) is 0 Å². The third kappa shape index (κ3) is 10.1. The minimum Gasteiger partial charge on any atom is -0.490 e. The number of pyridine rings is 1. The van der Waals surface area contributed by atoms with Crippen LogP contribution in [0.5, 0.6) is 5.75 Å². The molecule has 2 saturated carbocycles. The number of nitrogens with zero attached hydrogens (tertiary/aromatic N) is 2. The Morgan fingerprint density at radius 3 is 2.45 bits per heavy atom. The van der Waals surface area contributed by atoms with Crippen LogP contribution in [-0.2, 0) is 16.9 Å². The maximum absolute atomic E-state index is 13.1. The van der Waals surface area contributed by atoms with E-state index in [1.165, 1.54) is 27.2 Å². The van der Waals surface area contributed by atoms with Crippen molar-refractivity contribution in [2.45, 2.75) is 114 Å². The predicted octanol–water partition coefficient (Wildman–Crippen LogP) is 3.30. The molecule has 1 amide bonds. The maximum atomic E-state index is 13.1. The number of amides is 1. The highest BCUT2D eigenvalue weighted by Crippen LogP contribution is 2.50. The number of aromatic nitrogens is 1. The van der Waals surface area contributed by atoms with Gasteiger partial charge in [0.05, 0.1) is 12.7 Å². The molecule has 1 unspecified atom stereocenters. The Labute approximate surface area is 300 Å². The second kappa shape index (κ2) is 17.9. The predicted molar refractivity (Wildman–Crippen MR) is 194 cm³/mol. The third-order valence-corrected chi connectivity index (χ3v) is 10.3. The van der Waals surface area contributed by atoms with Crippen molar-refractivity contribution in [3.05, 3.63) is 83.2 Å². The van der Waals surface area contributed by atoms with Crippen molar-refractivity contribution in [2.75, 3.05) is 26.3 Å². The molecule has 1 aromatic heterocycles. The fraction of sp³-hybridized carbons (Fsp3) is 0.550. The van der Waals surface area contributed by atoms with E-state index in [1.807, 2.05) is 18.5 Å². The first-order valence-corrected chi connectivity index (χ1v) is 18.3. The minimum absolute atomic E-state index is 0.149. The third-order valence-electron chi connectivity index (χ3n) is 10.3. The van der Waals surface area contributed by atoms with E-state index >= 15 is 0 Å². The van der Waals surface area contributed by atoms with Gasteiger partial charge in [0.1, 0.15) is 30.2 Å². The summed E-state index contributed by atoms with van der Waals surface area (Å²) in [7, 11) is 0. The summed E-state index contributed by atoms with van der Waals surface area (Å²) in [4.78, 5) is 19.0. The number of para-hydroxylation sites is 1. The van der Waals surface area contributed by atoms with Crippen LogP contribution in [0, 0.1) is 6.92 Å². The number of rotatable bonds is 21. The monoisotopic (exact) mass is 705 g/mol. The van der Waals surface area contributed by atoms with Crippen LogP contribution in [0.1, 0.15) is 86.5 Å². The maximum Gasteiger partial charge on any atom is 0.222 e. The SMILES string of the molecule is Cc1ccc(C(C)CCCC(=O)N(CCCO)C[C@H](O)[C@@H](O)[C@H](O)[C@H](O)CO)cc1CNC1(c2cnccc2-c2ccccc2OC2CC2)CC1. The molecule has 0 spiro atoms. The number of hydrogen-bond donors (Lipinski definition) is 7. The molecule has 11 heteroatoms. The summed E-state index contributed by atoms with van der Waals surface area (Å²) in [5.41, 5.74) is 6.90. The van der Waals surface area contributed by atoms with Crippen LogP contribution in [-0.4, -0.2) is 103 Å². The molecule has 2 aliphatic rings. The van der Waals surface area contributed by atoms with Crippen LogP contribution >= 0.6 is 0 Å². The second-order valence-electron chi connectivity index (χ2n) is 14.4. The first-order valence-electron chi connectivity index (χ1n) is 18.3. The normalized spacial score (nSPS) is 18.0. The zero-order valence-corrected chi connectivity index (χ0v) is 29.8. The van der Waals surface area contributed by atoms with Crippen LogP contribution in [0.3, 0.4) is 0 Å². The topological polar surface area (TPSA) is 176 Å². The molecule has 5 rings (SSSR count). The van der Waals surface area contributed by atoms with Gasteiger partial charge in [0.2, 0.25) is 5.91 Å². The molecular formula is C40H55N3O8. The molecule has 7 N–H and O–H groups in total. The smallest absolute Gasteiger partial charge is 0.222 e.